The van der Waals surface area contributed by atoms with Gasteiger partial charge >= 0.3 is 0 Å². The standard InChI is InChI=1S/C13H20N4O2/c1-5-13(3)12(19)17(9(2)11(18)15-13)8-10-14-6-7-16(10)4/h6-7,9H,5,8H2,1-4H3,(H,15,18). The summed E-state index contributed by atoms with van der Waals surface area (Å²) in [7, 11) is 1.88. The minimum absolute atomic E-state index is 0.0508. The Morgan fingerprint density at radius 2 is 2.16 bits per heavy atom. The molecular weight excluding hydrogens is 244 g/mol. The second-order valence-electron chi connectivity index (χ2n) is 5.24. The van der Waals surface area contributed by atoms with Crippen LogP contribution >= 0.6 is 0 Å². The molecular formula is C13H20N4O2. The smallest absolute Gasteiger partial charge is 0.249 e. The lowest BCUT2D eigenvalue weighted by Gasteiger charge is -2.42. The largest absolute Gasteiger partial charge is 0.340 e. The molecule has 1 fully saturated rings. The molecule has 0 aromatic carbocycles. The number of nitrogens with zero attached hydrogens (tertiary/aromatic N) is 3. The van der Waals surface area contributed by atoms with Crippen LogP contribution in [0.2, 0.25) is 0 Å². The summed E-state index contributed by atoms with van der Waals surface area (Å²) in [6.45, 7) is 5.76. The zero-order valence-electron chi connectivity index (χ0n) is 11.8. The lowest BCUT2D eigenvalue weighted by molar-refractivity contribution is -0.154. The molecule has 2 heterocycles. The first-order valence-electron chi connectivity index (χ1n) is 6.48. The minimum atomic E-state index is -0.811. The van der Waals surface area contributed by atoms with Crippen molar-refractivity contribution in [2.75, 3.05) is 0 Å². The number of piperazine rings is 1. The van der Waals surface area contributed by atoms with Crippen LogP contribution in [0.5, 0.6) is 0 Å². The summed E-state index contributed by atoms with van der Waals surface area (Å²) in [5.41, 5.74) is -0.811. The van der Waals surface area contributed by atoms with E-state index in [4.69, 9.17) is 0 Å². The highest BCUT2D eigenvalue weighted by Crippen LogP contribution is 2.22. The monoisotopic (exact) mass is 264 g/mol. The van der Waals surface area contributed by atoms with Crippen LogP contribution in [0.15, 0.2) is 12.4 Å². The maximum absolute atomic E-state index is 12.5. The van der Waals surface area contributed by atoms with Gasteiger partial charge in [0.1, 0.15) is 17.4 Å². The van der Waals surface area contributed by atoms with Gasteiger partial charge in [0.2, 0.25) is 11.8 Å². The predicted molar refractivity (Wildman–Crippen MR) is 70.1 cm³/mol. The molecule has 2 amide bonds. The van der Waals surface area contributed by atoms with Crippen molar-refractivity contribution in [2.24, 2.45) is 7.05 Å². The number of carbonyl (C=O) groups excluding carboxylic acids is 2. The first-order valence-corrected chi connectivity index (χ1v) is 6.48. The number of aromatic nitrogens is 2. The highest BCUT2D eigenvalue weighted by molar-refractivity contribution is 5.99. The third kappa shape index (κ3) is 2.22. The zero-order chi connectivity index (χ0) is 14.2. The van der Waals surface area contributed by atoms with Crippen molar-refractivity contribution >= 4 is 11.8 Å². The SMILES string of the molecule is CCC1(C)NC(=O)C(C)N(Cc2nccn2C)C1=O. The van der Waals surface area contributed by atoms with E-state index in [1.165, 1.54) is 0 Å². The summed E-state index contributed by atoms with van der Waals surface area (Å²) in [6.07, 6.45) is 4.09. The van der Waals surface area contributed by atoms with E-state index >= 15 is 0 Å². The van der Waals surface area contributed by atoms with Gasteiger partial charge < -0.3 is 14.8 Å². The number of amides is 2. The van der Waals surface area contributed by atoms with Crippen LogP contribution in [-0.2, 0) is 23.2 Å². The molecule has 104 valence electrons. The molecule has 0 saturated carbocycles. The molecule has 2 unspecified atom stereocenters. The lowest BCUT2D eigenvalue weighted by Crippen LogP contribution is -2.68. The number of nitrogens with one attached hydrogen (secondary N) is 1. The molecule has 19 heavy (non-hydrogen) atoms. The second-order valence-corrected chi connectivity index (χ2v) is 5.24. The summed E-state index contributed by atoms with van der Waals surface area (Å²) in [5, 5.41) is 2.81. The van der Waals surface area contributed by atoms with Crippen molar-refractivity contribution in [3.63, 3.8) is 0 Å². The van der Waals surface area contributed by atoms with Crippen molar-refractivity contribution < 1.29 is 9.59 Å². The topological polar surface area (TPSA) is 67.2 Å². The normalized spacial score (nSPS) is 27.6. The maximum atomic E-state index is 12.5. The van der Waals surface area contributed by atoms with Gasteiger partial charge in [0, 0.05) is 19.4 Å². The summed E-state index contributed by atoms with van der Waals surface area (Å²) in [6, 6.07) is -0.469. The van der Waals surface area contributed by atoms with Crippen LogP contribution in [0, 0.1) is 0 Å². The summed E-state index contributed by atoms with van der Waals surface area (Å²) in [5.74, 6) is 0.608. The number of carbonyl (C=O) groups is 2. The van der Waals surface area contributed by atoms with E-state index in [2.05, 4.69) is 10.3 Å². The van der Waals surface area contributed by atoms with E-state index < -0.39 is 11.6 Å². The molecule has 2 atom stereocenters. The van der Waals surface area contributed by atoms with Crippen molar-refractivity contribution in [1.82, 2.24) is 19.8 Å². The van der Waals surface area contributed by atoms with Crippen LogP contribution in [0.1, 0.15) is 33.0 Å². The highest BCUT2D eigenvalue weighted by Gasteiger charge is 2.45. The van der Waals surface area contributed by atoms with Crippen molar-refractivity contribution in [2.45, 2.75) is 45.3 Å². The molecule has 0 radical (unpaired) electrons. The Balaban J connectivity index is 2.28. The molecule has 0 aliphatic carbocycles. The van der Waals surface area contributed by atoms with Gasteiger partial charge in [-0.25, -0.2) is 4.98 Å². The van der Waals surface area contributed by atoms with Gasteiger partial charge in [-0.2, -0.15) is 0 Å². The van der Waals surface area contributed by atoms with Gasteiger partial charge in [-0.05, 0) is 20.3 Å². The predicted octanol–water partition coefficient (Wildman–Crippen LogP) is 0.436. The molecule has 1 aromatic heterocycles. The highest BCUT2D eigenvalue weighted by atomic mass is 16.2. The van der Waals surface area contributed by atoms with E-state index in [9.17, 15) is 9.59 Å². The Labute approximate surface area is 112 Å². The van der Waals surface area contributed by atoms with E-state index in [1.807, 2.05) is 24.7 Å². The van der Waals surface area contributed by atoms with Gasteiger partial charge in [0.05, 0.1) is 6.54 Å². The quantitative estimate of drug-likeness (QED) is 0.861. The van der Waals surface area contributed by atoms with Crippen LogP contribution in [0.4, 0.5) is 0 Å². The van der Waals surface area contributed by atoms with E-state index in [0.717, 1.165) is 5.82 Å². The molecule has 1 aliphatic rings. The van der Waals surface area contributed by atoms with Crippen LogP contribution in [0.25, 0.3) is 0 Å². The van der Waals surface area contributed by atoms with Gasteiger partial charge in [0.15, 0.2) is 0 Å². The first-order chi connectivity index (χ1) is 8.89. The lowest BCUT2D eigenvalue weighted by atomic mass is 9.92. The Bertz CT molecular complexity index is 510. The molecule has 1 N–H and O–H groups in total. The third-order valence-corrected chi connectivity index (χ3v) is 3.92. The Morgan fingerprint density at radius 3 is 2.68 bits per heavy atom. The number of imidazole rings is 1. The molecule has 2 rings (SSSR count). The minimum Gasteiger partial charge on any atom is -0.340 e. The van der Waals surface area contributed by atoms with E-state index in [0.29, 0.717) is 13.0 Å². The average molecular weight is 264 g/mol. The fourth-order valence-electron chi connectivity index (χ4n) is 2.21. The fraction of sp³-hybridized carbons (Fsp3) is 0.615. The van der Waals surface area contributed by atoms with Crippen LogP contribution in [-0.4, -0.2) is 37.8 Å². The van der Waals surface area contributed by atoms with Gasteiger partial charge in [-0.3, -0.25) is 9.59 Å². The van der Waals surface area contributed by atoms with E-state index in [-0.39, 0.29) is 11.8 Å². The summed E-state index contributed by atoms with van der Waals surface area (Å²) >= 11 is 0. The molecule has 0 bridgehead atoms. The fourth-order valence-corrected chi connectivity index (χ4v) is 2.21. The van der Waals surface area contributed by atoms with Crippen LogP contribution in [0.3, 0.4) is 0 Å². The van der Waals surface area contributed by atoms with Gasteiger partial charge in [0.25, 0.3) is 0 Å². The van der Waals surface area contributed by atoms with Crippen molar-refractivity contribution in [3.05, 3.63) is 18.2 Å². The van der Waals surface area contributed by atoms with Crippen molar-refractivity contribution in [1.29, 1.82) is 0 Å². The molecule has 1 aromatic rings. The van der Waals surface area contributed by atoms with Gasteiger partial charge in [-0.1, -0.05) is 6.92 Å². The Hall–Kier alpha value is -1.85. The zero-order valence-corrected chi connectivity index (χ0v) is 11.8. The number of hydrogen-bond acceptors (Lipinski definition) is 3. The first kappa shape index (κ1) is 13.6. The summed E-state index contributed by atoms with van der Waals surface area (Å²) in [4.78, 5) is 30.4. The van der Waals surface area contributed by atoms with Crippen molar-refractivity contribution in [3.8, 4) is 0 Å². The Kier molecular flexibility index (Phi) is 3.34. The second kappa shape index (κ2) is 4.68. The molecule has 6 nitrogen and oxygen atoms in total. The number of rotatable bonds is 3. The molecule has 1 aliphatic heterocycles. The third-order valence-electron chi connectivity index (χ3n) is 3.92. The molecule has 0 spiro atoms. The van der Waals surface area contributed by atoms with E-state index in [1.54, 1.807) is 24.9 Å². The maximum Gasteiger partial charge on any atom is 0.249 e. The van der Waals surface area contributed by atoms with Gasteiger partial charge in [-0.15, -0.1) is 0 Å². The number of hydrogen-bond donors (Lipinski definition) is 1. The van der Waals surface area contributed by atoms with Crippen LogP contribution < -0.4 is 5.32 Å². The Morgan fingerprint density at radius 1 is 1.47 bits per heavy atom. The molecule has 6 heteroatoms. The molecule has 1 saturated heterocycles. The summed E-state index contributed by atoms with van der Waals surface area (Å²) < 4.78 is 1.86. The number of aryl methyl sites for hydroxylation is 1. The average Bonchev–Trinajstić information content (AvgIpc) is 2.78.